The van der Waals surface area contributed by atoms with Gasteiger partial charge in [0.2, 0.25) is 0 Å². The smallest absolute Gasteiger partial charge is 0.337 e. The number of carbonyl (C=O) groups excluding carboxylic acids is 1. The predicted octanol–water partition coefficient (Wildman–Crippen LogP) is 4.35. The molecule has 0 bridgehead atoms. The second kappa shape index (κ2) is 8.16. The van der Waals surface area contributed by atoms with Gasteiger partial charge in [-0.2, -0.15) is 5.26 Å². The Morgan fingerprint density at radius 2 is 1.65 bits per heavy atom. The Hall–Kier alpha value is -2.08. The van der Waals surface area contributed by atoms with E-state index in [0.717, 1.165) is 42.4 Å². The van der Waals surface area contributed by atoms with E-state index >= 15 is 0 Å². The van der Waals surface area contributed by atoms with E-state index in [9.17, 15) is 10.1 Å². The number of carbonyl (C=O) groups is 1. The van der Waals surface area contributed by atoms with Crippen molar-refractivity contribution in [1.82, 2.24) is 0 Å². The van der Waals surface area contributed by atoms with E-state index in [1.165, 1.54) is 7.11 Å². The first-order chi connectivity index (χ1) is 9.67. The number of methoxy groups -OCH3 is 1. The van der Waals surface area contributed by atoms with Crippen LogP contribution in [0.15, 0.2) is 29.8 Å². The Morgan fingerprint density at radius 1 is 1.10 bits per heavy atom. The summed E-state index contributed by atoms with van der Waals surface area (Å²) >= 11 is 0. The van der Waals surface area contributed by atoms with Crippen LogP contribution in [0.3, 0.4) is 0 Å². The Balaban J connectivity index is 3.16. The van der Waals surface area contributed by atoms with Crippen LogP contribution in [0.4, 0.5) is 0 Å². The lowest BCUT2D eigenvalue weighted by Gasteiger charge is -2.10. The van der Waals surface area contributed by atoms with Crippen LogP contribution in [0.25, 0.3) is 5.57 Å². The molecular formula is C17H21NO2. The maximum atomic E-state index is 11.4. The van der Waals surface area contributed by atoms with Gasteiger partial charge in [-0.25, -0.2) is 4.79 Å². The number of nitriles is 1. The number of rotatable bonds is 6. The molecular weight excluding hydrogens is 250 g/mol. The Kier molecular flexibility index (Phi) is 6.52. The first-order valence-electron chi connectivity index (χ1n) is 6.98. The number of hydrogen-bond acceptors (Lipinski definition) is 3. The average molecular weight is 271 g/mol. The van der Waals surface area contributed by atoms with Crippen molar-refractivity contribution in [1.29, 1.82) is 5.26 Å². The lowest BCUT2D eigenvalue weighted by Crippen LogP contribution is -2.01. The summed E-state index contributed by atoms with van der Waals surface area (Å²) in [6.07, 6.45) is 3.62. The molecule has 0 radical (unpaired) electrons. The van der Waals surface area contributed by atoms with Crippen molar-refractivity contribution in [3.05, 3.63) is 41.0 Å². The molecule has 0 N–H and O–H groups in total. The van der Waals surface area contributed by atoms with Crippen LogP contribution in [0.2, 0.25) is 0 Å². The Bertz CT molecular complexity index is 521. The molecule has 0 heterocycles. The zero-order valence-electron chi connectivity index (χ0n) is 12.4. The molecule has 3 heteroatoms. The monoisotopic (exact) mass is 271 g/mol. The highest BCUT2D eigenvalue weighted by molar-refractivity contribution is 5.89. The number of hydrogen-bond donors (Lipinski definition) is 0. The molecule has 1 rings (SSSR count). The molecule has 106 valence electrons. The normalized spacial score (nSPS) is 11.5. The molecule has 1 aromatic carbocycles. The van der Waals surface area contributed by atoms with Gasteiger partial charge in [-0.15, -0.1) is 0 Å². The third-order valence-electron chi connectivity index (χ3n) is 3.15. The van der Waals surface area contributed by atoms with Crippen molar-refractivity contribution in [2.75, 3.05) is 7.11 Å². The molecule has 0 atom stereocenters. The standard InChI is InChI=1S/C17H21NO2/c1-4-6-15(12-18)16(7-5-2)13-8-10-14(11-9-13)17(19)20-3/h8-11H,4-7H2,1-3H3/b16-15-. The fourth-order valence-corrected chi connectivity index (χ4v) is 2.17. The number of allylic oxidation sites excluding steroid dienone is 2. The highest BCUT2D eigenvalue weighted by Crippen LogP contribution is 2.26. The summed E-state index contributed by atoms with van der Waals surface area (Å²) in [6.45, 7) is 4.17. The van der Waals surface area contributed by atoms with Crippen molar-refractivity contribution in [3.63, 3.8) is 0 Å². The van der Waals surface area contributed by atoms with E-state index in [1.54, 1.807) is 12.1 Å². The summed E-state index contributed by atoms with van der Waals surface area (Å²) in [4.78, 5) is 11.4. The van der Waals surface area contributed by atoms with E-state index in [1.807, 2.05) is 12.1 Å². The molecule has 1 aromatic rings. The molecule has 0 saturated carbocycles. The molecule has 0 aromatic heterocycles. The third-order valence-corrected chi connectivity index (χ3v) is 3.15. The second-order valence-corrected chi connectivity index (χ2v) is 4.64. The number of esters is 1. The zero-order valence-corrected chi connectivity index (χ0v) is 12.4. The van der Waals surface area contributed by atoms with Crippen molar-refractivity contribution >= 4 is 11.5 Å². The summed E-state index contributed by atoms with van der Waals surface area (Å²) in [5, 5.41) is 9.31. The van der Waals surface area contributed by atoms with Crippen LogP contribution in [-0.4, -0.2) is 13.1 Å². The maximum absolute atomic E-state index is 11.4. The minimum atomic E-state index is -0.341. The quantitative estimate of drug-likeness (QED) is 0.571. The van der Waals surface area contributed by atoms with Gasteiger partial charge in [0.05, 0.1) is 18.7 Å². The van der Waals surface area contributed by atoms with E-state index in [4.69, 9.17) is 0 Å². The predicted molar refractivity (Wildman–Crippen MR) is 80.1 cm³/mol. The lowest BCUT2D eigenvalue weighted by molar-refractivity contribution is 0.0600. The molecule has 0 saturated heterocycles. The molecule has 0 amide bonds. The summed E-state index contributed by atoms with van der Waals surface area (Å²) in [7, 11) is 1.37. The maximum Gasteiger partial charge on any atom is 0.337 e. The van der Waals surface area contributed by atoms with Crippen LogP contribution < -0.4 is 0 Å². The van der Waals surface area contributed by atoms with E-state index in [-0.39, 0.29) is 5.97 Å². The van der Waals surface area contributed by atoms with Crippen LogP contribution in [0.5, 0.6) is 0 Å². The van der Waals surface area contributed by atoms with Gasteiger partial charge >= 0.3 is 5.97 Å². The molecule has 0 aliphatic heterocycles. The van der Waals surface area contributed by atoms with Crippen molar-refractivity contribution in [2.24, 2.45) is 0 Å². The molecule has 0 unspecified atom stereocenters. The second-order valence-electron chi connectivity index (χ2n) is 4.64. The van der Waals surface area contributed by atoms with E-state index in [0.29, 0.717) is 5.56 Å². The first-order valence-corrected chi connectivity index (χ1v) is 6.98. The average Bonchev–Trinajstić information content (AvgIpc) is 2.50. The third kappa shape index (κ3) is 3.96. The molecule has 0 fully saturated rings. The van der Waals surface area contributed by atoms with Gasteiger partial charge in [0.15, 0.2) is 0 Å². The van der Waals surface area contributed by atoms with Gasteiger partial charge in [0, 0.05) is 5.57 Å². The molecule has 0 aliphatic carbocycles. The van der Waals surface area contributed by atoms with Gasteiger partial charge in [0.25, 0.3) is 0 Å². The summed E-state index contributed by atoms with van der Waals surface area (Å²) in [5.41, 5.74) is 3.49. The highest BCUT2D eigenvalue weighted by Gasteiger charge is 2.10. The van der Waals surface area contributed by atoms with Crippen LogP contribution in [0.1, 0.15) is 55.5 Å². The number of ether oxygens (including phenoxy) is 1. The molecule has 0 spiro atoms. The minimum absolute atomic E-state index is 0.341. The van der Waals surface area contributed by atoms with E-state index < -0.39 is 0 Å². The first kappa shape index (κ1) is 16.0. The van der Waals surface area contributed by atoms with Gasteiger partial charge in [-0.1, -0.05) is 38.8 Å². The fourth-order valence-electron chi connectivity index (χ4n) is 2.17. The Labute approximate surface area is 120 Å². The summed E-state index contributed by atoms with van der Waals surface area (Å²) in [5.74, 6) is -0.341. The van der Waals surface area contributed by atoms with Gasteiger partial charge in [-0.05, 0) is 36.1 Å². The molecule has 3 nitrogen and oxygen atoms in total. The lowest BCUT2D eigenvalue weighted by atomic mass is 9.93. The largest absolute Gasteiger partial charge is 0.465 e. The highest BCUT2D eigenvalue weighted by atomic mass is 16.5. The van der Waals surface area contributed by atoms with Crippen molar-refractivity contribution in [3.8, 4) is 6.07 Å². The number of nitrogens with zero attached hydrogens (tertiary/aromatic N) is 1. The van der Waals surface area contributed by atoms with Gasteiger partial charge < -0.3 is 4.74 Å². The van der Waals surface area contributed by atoms with Crippen LogP contribution in [-0.2, 0) is 4.74 Å². The fraction of sp³-hybridized carbons (Fsp3) is 0.412. The topological polar surface area (TPSA) is 50.1 Å². The van der Waals surface area contributed by atoms with Gasteiger partial charge in [0.1, 0.15) is 0 Å². The van der Waals surface area contributed by atoms with Crippen LogP contribution >= 0.6 is 0 Å². The van der Waals surface area contributed by atoms with Gasteiger partial charge in [-0.3, -0.25) is 0 Å². The number of benzene rings is 1. The summed E-state index contributed by atoms with van der Waals surface area (Å²) in [6, 6.07) is 9.60. The van der Waals surface area contributed by atoms with E-state index in [2.05, 4.69) is 24.7 Å². The zero-order chi connectivity index (χ0) is 15.0. The SMILES string of the molecule is CCC/C(C#N)=C(\CCC)c1ccc(C(=O)OC)cc1. The Morgan fingerprint density at radius 3 is 2.10 bits per heavy atom. The minimum Gasteiger partial charge on any atom is -0.465 e. The van der Waals surface area contributed by atoms with Crippen LogP contribution in [0, 0.1) is 11.3 Å². The van der Waals surface area contributed by atoms with Crippen molar-refractivity contribution < 1.29 is 9.53 Å². The molecule has 0 aliphatic rings. The van der Waals surface area contributed by atoms with Crippen molar-refractivity contribution in [2.45, 2.75) is 39.5 Å². The molecule has 20 heavy (non-hydrogen) atoms. The summed E-state index contributed by atoms with van der Waals surface area (Å²) < 4.78 is 4.69.